The highest BCUT2D eigenvalue weighted by Gasteiger charge is 2.15. The Kier molecular flexibility index (Phi) is 5.35. The second-order valence-corrected chi connectivity index (χ2v) is 6.70. The minimum Gasteiger partial charge on any atom is -0.497 e. The molecule has 0 saturated heterocycles. The largest absolute Gasteiger partial charge is 0.497 e. The Morgan fingerprint density at radius 2 is 2.06 bits per heavy atom. The summed E-state index contributed by atoms with van der Waals surface area (Å²) in [6.45, 7) is 1.74. The SMILES string of the molecule is COc1ccc2c(C(N)=O)nc(-c3cccc(C#C[C@H](O)c4ncc(C)o4)c3)nc2c1. The van der Waals surface area contributed by atoms with Gasteiger partial charge >= 0.3 is 0 Å². The highest BCUT2D eigenvalue weighted by molar-refractivity contribution is 6.04. The Morgan fingerprint density at radius 3 is 2.77 bits per heavy atom. The molecular formula is C23H18N4O4. The van der Waals surface area contributed by atoms with Gasteiger partial charge in [0.1, 0.15) is 17.2 Å². The zero-order valence-electron chi connectivity index (χ0n) is 16.8. The van der Waals surface area contributed by atoms with Crippen LogP contribution in [0.4, 0.5) is 0 Å². The molecule has 3 N–H and O–H groups in total. The van der Waals surface area contributed by atoms with E-state index in [4.69, 9.17) is 14.9 Å². The van der Waals surface area contributed by atoms with Crippen LogP contribution in [0, 0.1) is 18.8 Å². The van der Waals surface area contributed by atoms with Crippen molar-refractivity contribution < 1.29 is 19.1 Å². The van der Waals surface area contributed by atoms with Gasteiger partial charge in [-0.2, -0.15) is 0 Å². The van der Waals surface area contributed by atoms with Gasteiger partial charge in [-0.25, -0.2) is 15.0 Å². The maximum atomic E-state index is 12.0. The summed E-state index contributed by atoms with van der Waals surface area (Å²) in [5.41, 5.74) is 7.45. The Bertz CT molecular complexity index is 1350. The van der Waals surface area contributed by atoms with Crippen molar-refractivity contribution in [1.29, 1.82) is 0 Å². The molecule has 2 aromatic heterocycles. The number of benzene rings is 2. The van der Waals surface area contributed by atoms with Crippen LogP contribution in [-0.4, -0.2) is 33.1 Å². The molecule has 4 rings (SSSR count). The van der Waals surface area contributed by atoms with Gasteiger partial charge in [-0.1, -0.05) is 24.0 Å². The number of carbonyl (C=O) groups is 1. The zero-order valence-corrected chi connectivity index (χ0v) is 16.8. The Hall–Kier alpha value is -4.22. The van der Waals surface area contributed by atoms with Gasteiger partial charge in [0.05, 0.1) is 18.8 Å². The molecule has 1 amide bonds. The standard InChI is InChI=1S/C23H18N4O4/c1-13-12-25-23(31-13)19(28)9-6-14-4-3-5-15(10-14)22-26-18-11-16(30-2)7-8-17(18)20(27-22)21(24)29/h3-5,7-8,10-12,19,28H,1-2H3,(H2,24,29)/t19-/m0/s1. The number of methoxy groups -OCH3 is 1. The molecule has 154 valence electrons. The number of primary amides is 1. The Morgan fingerprint density at radius 1 is 1.23 bits per heavy atom. The molecule has 8 nitrogen and oxygen atoms in total. The van der Waals surface area contributed by atoms with Gasteiger partial charge < -0.3 is 20.0 Å². The molecule has 4 aromatic rings. The third-order valence-electron chi connectivity index (χ3n) is 4.48. The number of amides is 1. The lowest BCUT2D eigenvalue weighted by Crippen LogP contribution is -2.15. The van der Waals surface area contributed by atoms with Crippen LogP contribution in [0.15, 0.2) is 53.1 Å². The fourth-order valence-electron chi connectivity index (χ4n) is 3.00. The van der Waals surface area contributed by atoms with Gasteiger partial charge in [-0.05, 0) is 31.2 Å². The maximum absolute atomic E-state index is 12.0. The molecule has 0 aliphatic carbocycles. The molecule has 0 saturated carbocycles. The van der Waals surface area contributed by atoms with Gasteiger partial charge in [0, 0.05) is 22.6 Å². The van der Waals surface area contributed by atoms with Gasteiger partial charge in [-0.3, -0.25) is 4.79 Å². The molecule has 0 fully saturated rings. The molecule has 0 aliphatic heterocycles. The molecule has 0 radical (unpaired) electrons. The van der Waals surface area contributed by atoms with Gasteiger partial charge in [0.25, 0.3) is 5.91 Å². The van der Waals surface area contributed by atoms with Gasteiger partial charge in [0.15, 0.2) is 11.9 Å². The normalized spacial score (nSPS) is 11.6. The van der Waals surface area contributed by atoms with Crippen molar-refractivity contribution in [3.63, 3.8) is 0 Å². The number of aliphatic hydroxyl groups excluding tert-OH is 1. The average molecular weight is 414 g/mol. The summed E-state index contributed by atoms with van der Waals surface area (Å²) in [4.78, 5) is 24.9. The number of nitrogens with zero attached hydrogens (tertiary/aromatic N) is 3. The number of ether oxygens (including phenoxy) is 1. The quantitative estimate of drug-likeness (QED) is 0.492. The first-order chi connectivity index (χ1) is 14.9. The van der Waals surface area contributed by atoms with Crippen molar-refractivity contribution in [3.8, 4) is 29.0 Å². The molecule has 8 heteroatoms. The lowest BCUT2D eigenvalue weighted by molar-refractivity contribution is 0.0997. The number of rotatable bonds is 4. The minimum absolute atomic E-state index is 0.119. The predicted octanol–water partition coefficient (Wildman–Crippen LogP) is 2.79. The summed E-state index contributed by atoms with van der Waals surface area (Å²) >= 11 is 0. The Labute approximate surface area is 177 Å². The van der Waals surface area contributed by atoms with Crippen LogP contribution in [0.3, 0.4) is 0 Å². The third kappa shape index (κ3) is 4.22. The van der Waals surface area contributed by atoms with Crippen LogP contribution < -0.4 is 10.5 Å². The van der Waals surface area contributed by atoms with Crippen LogP contribution in [0.2, 0.25) is 0 Å². The van der Waals surface area contributed by atoms with E-state index in [1.54, 1.807) is 56.5 Å². The van der Waals surface area contributed by atoms with Gasteiger partial charge in [0.2, 0.25) is 5.89 Å². The number of aryl methyl sites for hydroxylation is 1. The summed E-state index contributed by atoms with van der Waals surface area (Å²) in [6.07, 6.45) is 0.367. The number of aliphatic hydroxyl groups is 1. The Balaban J connectivity index is 1.73. The molecule has 31 heavy (non-hydrogen) atoms. The number of aromatic nitrogens is 3. The van der Waals surface area contributed by atoms with Crippen LogP contribution in [0.25, 0.3) is 22.3 Å². The van der Waals surface area contributed by atoms with Crippen molar-refractivity contribution in [2.75, 3.05) is 7.11 Å². The number of fused-ring (bicyclic) bond motifs is 1. The predicted molar refractivity (Wildman–Crippen MR) is 113 cm³/mol. The van der Waals surface area contributed by atoms with Crippen LogP contribution in [0.5, 0.6) is 5.75 Å². The lowest BCUT2D eigenvalue weighted by Gasteiger charge is -2.08. The average Bonchev–Trinajstić information content (AvgIpc) is 3.22. The van der Waals surface area contributed by atoms with E-state index in [1.807, 2.05) is 0 Å². The summed E-state index contributed by atoms with van der Waals surface area (Å²) in [7, 11) is 1.55. The second kappa shape index (κ2) is 8.26. The van der Waals surface area contributed by atoms with E-state index in [1.165, 1.54) is 6.20 Å². The van der Waals surface area contributed by atoms with E-state index >= 15 is 0 Å². The van der Waals surface area contributed by atoms with Crippen molar-refractivity contribution in [3.05, 3.63) is 71.6 Å². The molecule has 0 bridgehead atoms. The van der Waals surface area contributed by atoms with Crippen molar-refractivity contribution in [1.82, 2.24) is 15.0 Å². The number of oxazole rings is 1. The van der Waals surface area contributed by atoms with Crippen LogP contribution in [-0.2, 0) is 0 Å². The van der Waals surface area contributed by atoms with E-state index in [0.29, 0.717) is 39.4 Å². The smallest absolute Gasteiger partial charge is 0.268 e. The number of nitrogens with two attached hydrogens (primary N) is 1. The number of hydrogen-bond acceptors (Lipinski definition) is 7. The fraction of sp³-hybridized carbons (Fsp3) is 0.130. The molecule has 0 aliphatic rings. The summed E-state index contributed by atoms with van der Waals surface area (Å²) < 4.78 is 10.5. The summed E-state index contributed by atoms with van der Waals surface area (Å²) in [5, 5.41) is 10.7. The maximum Gasteiger partial charge on any atom is 0.268 e. The number of carbonyl (C=O) groups excluding carboxylic acids is 1. The molecule has 0 spiro atoms. The summed E-state index contributed by atoms with van der Waals surface area (Å²) in [6, 6.07) is 12.2. The first-order valence-electron chi connectivity index (χ1n) is 9.32. The zero-order chi connectivity index (χ0) is 22.0. The first kappa shape index (κ1) is 20.1. The van der Waals surface area contributed by atoms with Crippen LogP contribution >= 0.6 is 0 Å². The lowest BCUT2D eigenvalue weighted by atomic mass is 10.1. The monoisotopic (exact) mass is 414 g/mol. The molecule has 2 aromatic carbocycles. The summed E-state index contributed by atoms with van der Waals surface area (Å²) in [5.74, 6) is 6.58. The first-order valence-corrected chi connectivity index (χ1v) is 9.32. The van der Waals surface area contributed by atoms with E-state index in [2.05, 4.69) is 26.8 Å². The van der Waals surface area contributed by atoms with Crippen molar-refractivity contribution in [2.24, 2.45) is 5.73 Å². The van der Waals surface area contributed by atoms with E-state index in [9.17, 15) is 9.90 Å². The van der Waals surface area contributed by atoms with E-state index in [0.717, 1.165) is 0 Å². The molecule has 2 heterocycles. The van der Waals surface area contributed by atoms with Gasteiger partial charge in [-0.15, -0.1) is 0 Å². The topological polar surface area (TPSA) is 124 Å². The molecular weight excluding hydrogens is 396 g/mol. The molecule has 0 unspecified atom stereocenters. The van der Waals surface area contributed by atoms with E-state index in [-0.39, 0.29) is 11.6 Å². The highest BCUT2D eigenvalue weighted by Crippen LogP contribution is 2.25. The highest BCUT2D eigenvalue weighted by atomic mass is 16.5. The second-order valence-electron chi connectivity index (χ2n) is 6.70. The van der Waals surface area contributed by atoms with E-state index < -0.39 is 12.0 Å². The van der Waals surface area contributed by atoms with Crippen LogP contribution in [0.1, 0.15) is 33.8 Å². The molecule has 1 atom stereocenters. The third-order valence-corrected chi connectivity index (χ3v) is 4.48. The number of hydrogen-bond donors (Lipinski definition) is 2. The fourth-order valence-corrected chi connectivity index (χ4v) is 3.00. The minimum atomic E-state index is -1.15. The van der Waals surface area contributed by atoms with Crippen molar-refractivity contribution in [2.45, 2.75) is 13.0 Å². The van der Waals surface area contributed by atoms with Crippen molar-refractivity contribution >= 4 is 16.8 Å².